The molecule has 6 heteroatoms. The van der Waals surface area contributed by atoms with E-state index in [-0.39, 0.29) is 16.3 Å². The molecular weight excluding hydrogens is 288 g/mol. The number of benzene rings is 1. The smallest absolute Gasteiger partial charge is 0.339 e. The zero-order valence-corrected chi connectivity index (χ0v) is 12.5. The fraction of sp³-hybridized carbons (Fsp3) is 0.200. The molecule has 1 aromatic carbocycles. The van der Waals surface area contributed by atoms with E-state index in [1.54, 1.807) is 18.2 Å². The number of nitriles is 1. The fourth-order valence-corrected chi connectivity index (χ4v) is 2.64. The normalized spacial score (nSPS) is 10.9. The zero-order valence-electron chi connectivity index (χ0n) is 11.7. The van der Waals surface area contributed by atoms with Gasteiger partial charge >= 0.3 is 10.1 Å². The number of nitrogens with zero attached hydrogens (tertiary/aromatic N) is 2. The first kappa shape index (κ1) is 15.0. The van der Waals surface area contributed by atoms with Crippen molar-refractivity contribution in [1.29, 1.82) is 5.26 Å². The second-order valence-corrected chi connectivity index (χ2v) is 6.01. The van der Waals surface area contributed by atoms with Crippen LogP contribution < -0.4 is 4.18 Å². The highest BCUT2D eigenvalue weighted by Gasteiger charge is 2.19. The molecule has 0 saturated heterocycles. The van der Waals surface area contributed by atoms with Crippen molar-refractivity contribution in [1.82, 2.24) is 4.98 Å². The molecule has 2 aromatic rings. The minimum Gasteiger partial charge on any atom is -0.376 e. The molecule has 0 unspecified atom stereocenters. The van der Waals surface area contributed by atoms with Gasteiger partial charge in [0, 0.05) is 5.69 Å². The van der Waals surface area contributed by atoms with Crippen LogP contribution in [0, 0.1) is 18.3 Å². The number of aryl methyl sites for hydroxylation is 2. The molecule has 0 saturated carbocycles. The van der Waals surface area contributed by atoms with E-state index in [4.69, 9.17) is 9.44 Å². The van der Waals surface area contributed by atoms with Gasteiger partial charge in [-0.15, -0.1) is 0 Å². The van der Waals surface area contributed by atoms with Crippen LogP contribution in [0.15, 0.2) is 41.3 Å². The van der Waals surface area contributed by atoms with Crippen molar-refractivity contribution in [3.63, 3.8) is 0 Å². The van der Waals surface area contributed by atoms with Crippen LogP contribution in [0.5, 0.6) is 5.75 Å². The first-order chi connectivity index (χ1) is 9.96. The number of pyridine rings is 1. The maximum Gasteiger partial charge on any atom is 0.339 e. The highest BCUT2D eigenvalue weighted by atomic mass is 32.2. The molecule has 0 bridgehead atoms. The zero-order chi connectivity index (χ0) is 15.5. The van der Waals surface area contributed by atoms with Crippen molar-refractivity contribution in [2.24, 2.45) is 0 Å². The highest BCUT2D eigenvalue weighted by molar-refractivity contribution is 7.87. The van der Waals surface area contributed by atoms with E-state index in [0.717, 1.165) is 5.56 Å². The maximum absolute atomic E-state index is 12.2. The van der Waals surface area contributed by atoms with Gasteiger partial charge in [-0.05, 0) is 37.6 Å². The average Bonchev–Trinajstić information content (AvgIpc) is 2.47. The van der Waals surface area contributed by atoms with Crippen molar-refractivity contribution in [3.8, 4) is 11.8 Å². The van der Waals surface area contributed by atoms with Gasteiger partial charge in [-0.3, -0.25) is 0 Å². The number of rotatable bonds is 4. The molecule has 0 amide bonds. The van der Waals surface area contributed by atoms with E-state index in [2.05, 4.69) is 4.98 Å². The van der Waals surface area contributed by atoms with Gasteiger partial charge in [-0.2, -0.15) is 13.7 Å². The minimum atomic E-state index is -3.97. The summed E-state index contributed by atoms with van der Waals surface area (Å²) >= 11 is 0. The lowest BCUT2D eigenvalue weighted by atomic mass is 10.2. The number of aromatic nitrogens is 1. The molecular formula is C15H14N2O3S. The Labute approximate surface area is 124 Å². The molecule has 108 valence electrons. The summed E-state index contributed by atoms with van der Waals surface area (Å²) in [5, 5.41) is 9.05. The first-order valence-corrected chi connectivity index (χ1v) is 7.78. The van der Waals surface area contributed by atoms with E-state index in [0.29, 0.717) is 12.1 Å². The van der Waals surface area contributed by atoms with Crippen LogP contribution in [0.2, 0.25) is 0 Å². The van der Waals surface area contributed by atoms with Crippen LogP contribution in [-0.4, -0.2) is 13.4 Å². The summed E-state index contributed by atoms with van der Waals surface area (Å²) in [7, 11) is -3.97. The molecule has 21 heavy (non-hydrogen) atoms. The second kappa shape index (κ2) is 5.94. The summed E-state index contributed by atoms with van der Waals surface area (Å²) in [5.74, 6) is -0.0599. The average molecular weight is 302 g/mol. The summed E-state index contributed by atoms with van der Waals surface area (Å²) < 4.78 is 29.4. The van der Waals surface area contributed by atoms with Crippen molar-refractivity contribution in [2.75, 3.05) is 0 Å². The minimum absolute atomic E-state index is 0.0370. The SMILES string of the molecule is CCc1ccc(OS(=O)(=O)c2ccc(C)cc2)c(C#N)n1. The summed E-state index contributed by atoms with van der Waals surface area (Å²) in [4.78, 5) is 4.09. The van der Waals surface area contributed by atoms with Crippen molar-refractivity contribution < 1.29 is 12.6 Å². The van der Waals surface area contributed by atoms with Crippen molar-refractivity contribution in [3.05, 3.63) is 53.3 Å². The Kier molecular flexibility index (Phi) is 4.24. The van der Waals surface area contributed by atoms with Crippen molar-refractivity contribution in [2.45, 2.75) is 25.2 Å². The molecule has 2 rings (SSSR count). The summed E-state index contributed by atoms with van der Waals surface area (Å²) in [5.41, 5.74) is 1.61. The van der Waals surface area contributed by atoms with E-state index >= 15 is 0 Å². The van der Waals surface area contributed by atoms with E-state index < -0.39 is 10.1 Å². The third kappa shape index (κ3) is 3.38. The van der Waals surface area contributed by atoms with Crippen LogP contribution in [0.4, 0.5) is 0 Å². The Hall–Kier alpha value is -2.39. The van der Waals surface area contributed by atoms with Gasteiger partial charge in [0.1, 0.15) is 11.0 Å². The largest absolute Gasteiger partial charge is 0.376 e. The van der Waals surface area contributed by atoms with E-state index in [1.807, 2.05) is 19.9 Å². The third-order valence-electron chi connectivity index (χ3n) is 2.89. The lowest BCUT2D eigenvalue weighted by molar-refractivity contribution is 0.483. The Morgan fingerprint density at radius 3 is 2.43 bits per heavy atom. The topological polar surface area (TPSA) is 80.0 Å². The highest BCUT2D eigenvalue weighted by Crippen LogP contribution is 2.22. The Balaban J connectivity index is 2.37. The van der Waals surface area contributed by atoms with Crippen LogP contribution in [0.3, 0.4) is 0 Å². The lowest BCUT2D eigenvalue weighted by Gasteiger charge is -2.09. The first-order valence-electron chi connectivity index (χ1n) is 6.37. The third-order valence-corrected chi connectivity index (χ3v) is 4.14. The Morgan fingerprint density at radius 1 is 1.19 bits per heavy atom. The van der Waals surface area contributed by atoms with Crippen LogP contribution in [0.25, 0.3) is 0 Å². The predicted molar refractivity (Wildman–Crippen MR) is 77.3 cm³/mol. The molecule has 0 fully saturated rings. The van der Waals surface area contributed by atoms with Gasteiger partial charge < -0.3 is 4.18 Å². The Morgan fingerprint density at radius 2 is 1.86 bits per heavy atom. The van der Waals surface area contributed by atoms with Gasteiger partial charge in [0.15, 0.2) is 11.4 Å². The fourth-order valence-electron chi connectivity index (χ4n) is 1.70. The maximum atomic E-state index is 12.2. The summed E-state index contributed by atoms with van der Waals surface area (Å²) in [6, 6.07) is 11.2. The molecule has 0 aliphatic heterocycles. The molecule has 0 N–H and O–H groups in total. The quantitative estimate of drug-likeness (QED) is 0.811. The summed E-state index contributed by atoms with van der Waals surface area (Å²) in [6.45, 7) is 3.76. The molecule has 0 radical (unpaired) electrons. The number of hydrogen-bond donors (Lipinski definition) is 0. The van der Waals surface area contributed by atoms with Gasteiger partial charge in [0.2, 0.25) is 0 Å². The molecule has 0 aliphatic rings. The van der Waals surface area contributed by atoms with Gasteiger partial charge in [0.25, 0.3) is 0 Å². The molecule has 1 aromatic heterocycles. The number of hydrogen-bond acceptors (Lipinski definition) is 5. The molecule has 0 atom stereocenters. The van der Waals surface area contributed by atoms with Crippen LogP contribution in [-0.2, 0) is 16.5 Å². The van der Waals surface area contributed by atoms with E-state index in [1.165, 1.54) is 18.2 Å². The second-order valence-electron chi connectivity index (χ2n) is 4.47. The lowest BCUT2D eigenvalue weighted by Crippen LogP contribution is -2.11. The van der Waals surface area contributed by atoms with Crippen molar-refractivity contribution >= 4 is 10.1 Å². The van der Waals surface area contributed by atoms with Gasteiger partial charge in [0.05, 0.1) is 0 Å². The van der Waals surface area contributed by atoms with Gasteiger partial charge in [-0.25, -0.2) is 4.98 Å². The predicted octanol–water partition coefficient (Wildman–Crippen LogP) is 2.59. The summed E-state index contributed by atoms with van der Waals surface area (Å²) in [6.07, 6.45) is 0.652. The molecule has 1 heterocycles. The molecule has 0 aliphatic carbocycles. The molecule has 0 spiro atoms. The van der Waals surface area contributed by atoms with Crippen LogP contribution in [0.1, 0.15) is 23.9 Å². The van der Waals surface area contributed by atoms with Gasteiger partial charge in [-0.1, -0.05) is 24.6 Å². The van der Waals surface area contributed by atoms with E-state index in [9.17, 15) is 8.42 Å². The monoisotopic (exact) mass is 302 g/mol. The molecule has 5 nitrogen and oxygen atoms in total. The standard InChI is InChI=1S/C15H14N2O3S/c1-3-12-6-9-15(14(10-16)17-12)20-21(18,19)13-7-4-11(2)5-8-13/h4-9H,3H2,1-2H3. The van der Waals surface area contributed by atoms with Crippen LogP contribution >= 0.6 is 0 Å². The Bertz CT molecular complexity index is 791.